The highest BCUT2D eigenvalue weighted by Crippen LogP contribution is 2.09. The van der Waals surface area contributed by atoms with Gasteiger partial charge in [0.05, 0.1) is 10.7 Å². The predicted octanol–water partition coefficient (Wildman–Crippen LogP) is 0.977. The van der Waals surface area contributed by atoms with Gasteiger partial charge in [-0.25, -0.2) is 4.98 Å². The molecular weight excluding hydrogens is 226 g/mol. The average Bonchev–Trinajstić information content (AvgIpc) is 2.62. The van der Waals surface area contributed by atoms with Crippen LogP contribution in [0.2, 0.25) is 0 Å². The average molecular weight is 241 g/mol. The zero-order valence-corrected chi connectivity index (χ0v) is 10.4. The van der Waals surface area contributed by atoms with Crippen LogP contribution >= 0.6 is 12.2 Å². The number of carbonyl (C=O) groups excluding carboxylic acids is 1. The molecule has 0 aliphatic carbocycles. The third-order valence-corrected chi connectivity index (χ3v) is 2.72. The van der Waals surface area contributed by atoms with Crippen molar-refractivity contribution in [3.63, 3.8) is 0 Å². The van der Waals surface area contributed by atoms with Gasteiger partial charge in [0.2, 0.25) is 5.76 Å². The minimum absolute atomic E-state index is 0.0211. The van der Waals surface area contributed by atoms with Crippen molar-refractivity contribution in [3.05, 3.63) is 17.8 Å². The van der Waals surface area contributed by atoms with Gasteiger partial charge >= 0.3 is 0 Å². The number of hydrogen-bond acceptors (Lipinski definition) is 4. The van der Waals surface area contributed by atoms with Gasteiger partial charge in [0.15, 0.2) is 6.39 Å². The lowest BCUT2D eigenvalue weighted by atomic mass is 10.1. The molecule has 1 heterocycles. The fourth-order valence-electron chi connectivity index (χ4n) is 1.26. The molecule has 0 bridgehead atoms. The van der Waals surface area contributed by atoms with E-state index in [1.165, 1.54) is 11.3 Å². The van der Waals surface area contributed by atoms with E-state index in [1.807, 2.05) is 6.92 Å². The molecule has 0 aliphatic heterocycles. The zero-order chi connectivity index (χ0) is 12.3. The quantitative estimate of drug-likeness (QED) is 0.795. The van der Waals surface area contributed by atoms with Gasteiger partial charge in [-0.05, 0) is 6.92 Å². The van der Waals surface area contributed by atoms with E-state index in [1.54, 1.807) is 14.0 Å². The molecule has 0 radical (unpaired) electrons. The van der Waals surface area contributed by atoms with Crippen molar-refractivity contribution < 1.29 is 9.21 Å². The first-order valence-corrected chi connectivity index (χ1v) is 5.29. The fourth-order valence-corrected chi connectivity index (χ4v) is 1.34. The lowest BCUT2D eigenvalue weighted by Gasteiger charge is -2.19. The monoisotopic (exact) mass is 241 g/mol. The molecule has 1 unspecified atom stereocenters. The summed E-state index contributed by atoms with van der Waals surface area (Å²) in [5, 5.41) is 0. The number of aromatic nitrogens is 1. The lowest BCUT2D eigenvalue weighted by Crippen LogP contribution is -2.35. The molecular formula is C10H15N3O2S. The number of carbonyl (C=O) groups is 1. The van der Waals surface area contributed by atoms with E-state index in [2.05, 4.69) is 4.98 Å². The molecule has 0 aliphatic rings. The van der Waals surface area contributed by atoms with E-state index in [9.17, 15) is 4.79 Å². The van der Waals surface area contributed by atoms with Gasteiger partial charge in [-0.3, -0.25) is 4.79 Å². The first-order chi connectivity index (χ1) is 7.43. The van der Waals surface area contributed by atoms with E-state index in [4.69, 9.17) is 22.4 Å². The summed E-state index contributed by atoms with van der Waals surface area (Å²) in [5.74, 6) is 0.0305. The number of nitrogens with two attached hydrogens (primary N) is 1. The second-order valence-corrected chi connectivity index (χ2v) is 4.23. The molecule has 6 heteroatoms. The third kappa shape index (κ3) is 2.79. The van der Waals surface area contributed by atoms with Crippen molar-refractivity contribution in [1.29, 1.82) is 0 Å². The van der Waals surface area contributed by atoms with Gasteiger partial charge in [0.1, 0.15) is 0 Å². The molecule has 88 valence electrons. The summed E-state index contributed by atoms with van der Waals surface area (Å²) in [6.07, 6.45) is 1.26. The molecule has 0 spiro atoms. The maximum atomic E-state index is 11.9. The minimum Gasteiger partial charge on any atom is -0.438 e. The lowest BCUT2D eigenvalue weighted by molar-refractivity contribution is 0.0754. The Morgan fingerprint density at radius 1 is 1.75 bits per heavy atom. The second kappa shape index (κ2) is 5.07. The molecule has 16 heavy (non-hydrogen) atoms. The van der Waals surface area contributed by atoms with Crippen LogP contribution in [-0.4, -0.2) is 34.4 Å². The molecule has 1 amide bonds. The Hall–Kier alpha value is -1.43. The van der Waals surface area contributed by atoms with Crippen molar-refractivity contribution in [2.45, 2.75) is 13.8 Å². The highest BCUT2D eigenvalue weighted by Gasteiger charge is 2.20. The molecule has 5 nitrogen and oxygen atoms in total. The molecule has 1 aromatic rings. The Morgan fingerprint density at radius 3 is 2.81 bits per heavy atom. The Morgan fingerprint density at radius 2 is 2.38 bits per heavy atom. The largest absolute Gasteiger partial charge is 0.438 e. The van der Waals surface area contributed by atoms with Crippen molar-refractivity contribution in [3.8, 4) is 0 Å². The maximum absolute atomic E-state index is 11.9. The SMILES string of the molecule is Cc1ncoc1C(=O)N(C)CC(C)C(N)=S. The fraction of sp³-hybridized carbons (Fsp3) is 0.500. The van der Waals surface area contributed by atoms with E-state index in [0.29, 0.717) is 17.2 Å². The standard InChI is InChI=1S/C10H15N3O2S/c1-6(9(11)16)4-13(3)10(14)8-7(2)12-5-15-8/h5-6H,4H2,1-3H3,(H2,11,16). The molecule has 0 saturated heterocycles. The summed E-state index contributed by atoms with van der Waals surface area (Å²) >= 11 is 4.85. The number of amides is 1. The first-order valence-electron chi connectivity index (χ1n) is 4.88. The maximum Gasteiger partial charge on any atom is 0.291 e. The van der Waals surface area contributed by atoms with Crippen LogP contribution in [-0.2, 0) is 0 Å². The second-order valence-electron chi connectivity index (χ2n) is 3.76. The van der Waals surface area contributed by atoms with Crippen molar-refractivity contribution in [2.75, 3.05) is 13.6 Å². The summed E-state index contributed by atoms with van der Waals surface area (Å²) in [5.41, 5.74) is 6.07. The number of nitrogens with zero attached hydrogens (tertiary/aromatic N) is 2. The van der Waals surface area contributed by atoms with Crippen LogP contribution in [0.5, 0.6) is 0 Å². The Labute approximate surface area is 99.6 Å². The van der Waals surface area contributed by atoms with Crippen molar-refractivity contribution in [1.82, 2.24) is 9.88 Å². The van der Waals surface area contributed by atoms with Gasteiger partial charge in [-0.2, -0.15) is 0 Å². The van der Waals surface area contributed by atoms with Crippen LogP contribution in [0, 0.1) is 12.8 Å². The number of thiocarbonyl (C=S) groups is 1. The first kappa shape index (κ1) is 12.6. The summed E-state index contributed by atoms with van der Waals surface area (Å²) in [4.78, 5) is 17.7. The van der Waals surface area contributed by atoms with Gasteiger partial charge in [0.25, 0.3) is 5.91 Å². The van der Waals surface area contributed by atoms with Crippen LogP contribution in [0.25, 0.3) is 0 Å². The molecule has 0 fully saturated rings. The van der Waals surface area contributed by atoms with E-state index < -0.39 is 0 Å². The number of oxazole rings is 1. The molecule has 1 rings (SSSR count). The van der Waals surface area contributed by atoms with Crippen molar-refractivity contribution >= 4 is 23.1 Å². The van der Waals surface area contributed by atoms with Gasteiger partial charge < -0.3 is 15.1 Å². The smallest absolute Gasteiger partial charge is 0.291 e. The minimum atomic E-state index is -0.210. The van der Waals surface area contributed by atoms with E-state index >= 15 is 0 Å². The number of aryl methyl sites for hydroxylation is 1. The van der Waals surface area contributed by atoms with Crippen LogP contribution in [0.4, 0.5) is 0 Å². The molecule has 1 aromatic heterocycles. The Kier molecular flexibility index (Phi) is 4.00. The highest BCUT2D eigenvalue weighted by atomic mass is 32.1. The summed E-state index contributed by atoms with van der Waals surface area (Å²) in [7, 11) is 1.68. The normalized spacial score (nSPS) is 12.2. The van der Waals surface area contributed by atoms with Crippen LogP contribution in [0.3, 0.4) is 0 Å². The van der Waals surface area contributed by atoms with E-state index in [0.717, 1.165) is 0 Å². The summed E-state index contributed by atoms with van der Waals surface area (Å²) < 4.78 is 5.02. The van der Waals surface area contributed by atoms with Crippen LogP contribution in [0.1, 0.15) is 23.2 Å². The van der Waals surface area contributed by atoms with Gasteiger partial charge in [-0.1, -0.05) is 19.1 Å². The number of hydrogen-bond donors (Lipinski definition) is 1. The highest BCUT2D eigenvalue weighted by molar-refractivity contribution is 7.80. The zero-order valence-electron chi connectivity index (χ0n) is 9.56. The van der Waals surface area contributed by atoms with E-state index in [-0.39, 0.29) is 17.6 Å². The summed E-state index contributed by atoms with van der Waals surface area (Å²) in [6.45, 7) is 4.06. The summed E-state index contributed by atoms with van der Waals surface area (Å²) in [6, 6.07) is 0. The third-order valence-electron chi connectivity index (χ3n) is 2.32. The van der Waals surface area contributed by atoms with Gasteiger partial charge in [-0.15, -0.1) is 0 Å². The predicted molar refractivity (Wildman–Crippen MR) is 64.1 cm³/mol. The Balaban J connectivity index is 2.69. The Bertz CT molecular complexity index is 403. The van der Waals surface area contributed by atoms with Crippen LogP contribution < -0.4 is 5.73 Å². The number of rotatable bonds is 4. The molecule has 2 N–H and O–H groups in total. The molecule has 0 aromatic carbocycles. The van der Waals surface area contributed by atoms with Crippen LogP contribution in [0.15, 0.2) is 10.8 Å². The molecule has 0 saturated carbocycles. The topological polar surface area (TPSA) is 72.4 Å². The van der Waals surface area contributed by atoms with Gasteiger partial charge in [0, 0.05) is 19.5 Å². The molecule has 1 atom stereocenters. The van der Waals surface area contributed by atoms with Crippen molar-refractivity contribution in [2.24, 2.45) is 11.7 Å².